The van der Waals surface area contributed by atoms with Crippen molar-refractivity contribution in [1.29, 1.82) is 0 Å². The monoisotopic (exact) mass is 688 g/mol. The van der Waals surface area contributed by atoms with E-state index in [0.29, 0.717) is 0 Å². The van der Waals surface area contributed by atoms with Crippen LogP contribution in [0, 0.1) is 0 Å². The summed E-state index contributed by atoms with van der Waals surface area (Å²) in [6.07, 6.45) is 0. The zero-order valence-electron chi connectivity index (χ0n) is 29.3. The molecule has 0 spiro atoms. The van der Waals surface area contributed by atoms with Crippen LogP contribution in [0.25, 0.3) is 99.7 Å². The molecule has 0 N–H and O–H groups in total. The Bertz CT molecular complexity index is 3180. The fourth-order valence-corrected chi connectivity index (χ4v) is 8.26. The van der Waals surface area contributed by atoms with Crippen molar-refractivity contribution in [3.05, 3.63) is 194 Å². The minimum absolute atomic E-state index is 0.871. The molecule has 0 saturated heterocycles. The lowest BCUT2D eigenvalue weighted by atomic mass is 10.0. The summed E-state index contributed by atoms with van der Waals surface area (Å²) in [7, 11) is 0. The van der Waals surface area contributed by atoms with E-state index in [9.17, 15) is 0 Å². The lowest BCUT2D eigenvalue weighted by Crippen LogP contribution is -1.97. The van der Waals surface area contributed by atoms with Gasteiger partial charge < -0.3 is 9.13 Å². The molecule has 0 aliphatic heterocycles. The highest BCUT2D eigenvalue weighted by atomic mass is 15.0. The van der Waals surface area contributed by atoms with Crippen LogP contribution in [0.2, 0.25) is 0 Å². The fourth-order valence-electron chi connectivity index (χ4n) is 8.26. The van der Waals surface area contributed by atoms with Crippen LogP contribution in [-0.4, -0.2) is 19.1 Å². The summed E-state index contributed by atoms with van der Waals surface area (Å²) in [5.74, 6) is 0. The number of para-hydroxylation sites is 4. The van der Waals surface area contributed by atoms with Crippen LogP contribution in [0.5, 0.6) is 0 Å². The van der Waals surface area contributed by atoms with Crippen molar-refractivity contribution in [2.45, 2.75) is 0 Å². The predicted molar refractivity (Wildman–Crippen MR) is 225 cm³/mol. The summed E-state index contributed by atoms with van der Waals surface area (Å²) in [6.45, 7) is 0. The second-order valence-corrected chi connectivity index (χ2v) is 13.8. The third-order valence-electron chi connectivity index (χ3n) is 10.7. The van der Waals surface area contributed by atoms with Gasteiger partial charge in [0.05, 0.1) is 44.5 Å². The van der Waals surface area contributed by atoms with E-state index >= 15 is 0 Å². The van der Waals surface area contributed by atoms with Gasteiger partial charge in [-0.05, 0) is 60.2 Å². The van der Waals surface area contributed by atoms with Crippen LogP contribution in [0.4, 0.5) is 0 Å². The second-order valence-electron chi connectivity index (χ2n) is 13.8. The molecule has 0 bridgehead atoms. The van der Waals surface area contributed by atoms with Crippen molar-refractivity contribution in [2.24, 2.45) is 0 Å². The normalized spacial score (nSPS) is 11.7. The molecule has 4 nitrogen and oxygen atoms in total. The molecular formula is C50H32N4. The fraction of sp³-hybridized carbons (Fsp3) is 0. The van der Waals surface area contributed by atoms with Crippen LogP contribution in [0.3, 0.4) is 0 Å². The van der Waals surface area contributed by atoms with Crippen LogP contribution in [0.15, 0.2) is 194 Å². The molecule has 54 heavy (non-hydrogen) atoms. The summed E-state index contributed by atoms with van der Waals surface area (Å²) in [4.78, 5) is 10.6. The molecule has 4 heteroatoms. The Morgan fingerprint density at radius 3 is 1.41 bits per heavy atom. The first-order chi connectivity index (χ1) is 26.8. The van der Waals surface area contributed by atoms with E-state index in [2.05, 4.69) is 191 Å². The van der Waals surface area contributed by atoms with Crippen LogP contribution < -0.4 is 0 Å². The summed E-state index contributed by atoms with van der Waals surface area (Å²) in [6, 6.07) is 68.9. The molecule has 3 heterocycles. The largest absolute Gasteiger partial charge is 0.309 e. The first-order valence-corrected chi connectivity index (χ1v) is 18.3. The van der Waals surface area contributed by atoms with Crippen LogP contribution >= 0.6 is 0 Å². The minimum atomic E-state index is 0.871. The number of aromatic nitrogens is 4. The lowest BCUT2D eigenvalue weighted by Gasteiger charge is -2.14. The van der Waals surface area contributed by atoms with Gasteiger partial charge in [-0.1, -0.05) is 140 Å². The van der Waals surface area contributed by atoms with Crippen molar-refractivity contribution in [3.63, 3.8) is 0 Å². The molecule has 0 aliphatic carbocycles. The van der Waals surface area contributed by atoms with Gasteiger partial charge in [0.15, 0.2) is 0 Å². The van der Waals surface area contributed by atoms with Crippen LogP contribution in [0.1, 0.15) is 0 Å². The Kier molecular flexibility index (Phi) is 6.82. The summed E-state index contributed by atoms with van der Waals surface area (Å²) < 4.78 is 4.80. The zero-order valence-corrected chi connectivity index (χ0v) is 29.3. The molecule has 0 saturated carbocycles. The summed E-state index contributed by atoms with van der Waals surface area (Å²) in [5, 5.41) is 4.98. The van der Waals surface area contributed by atoms with E-state index in [4.69, 9.17) is 9.97 Å². The van der Waals surface area contributed by atoms with Gasteiger partial charge in [-0.15, -0.1) is 0 Å². The number of fused-ring (bicyclic) bond motifs is 7. The maximum absolute atomic E-state index is 5.36. The summed E-state index contributed by atoms with van der Waals surface area (Å²) >= 11 is 0. The molecule has 0 atom stereocenters. The molecule has 0 unspecified atom stereocenters. The highest BCUT2D eigenvalue weighted by Crippen LogP contribution is 2.40. The molecule has 3 aromatic heterocycles. The van der Waals surface area contributed by atoms with Crippen LogP contribution in [-0.2, 0) is 0 Å². The van der Waals surface area contributed by atoms with Gasteiger partial charge in [-0.2, -0.15) is 0 Å². The predicted octanol–water partition coefficient (Wildman–Crippen LogP) is 12.8. The second kappa shape index (κ2) is 12.1. The minimum Gasteiger partial charge on any atom is -0.309 e. The number of hydrogen-bond acceptors (Lipinski definition) is 2. The highest BCUT2D eigenvalue weighted by Gasteiger charge is 2.19. The topological polar surface area (TPSA) is 35.6 Å². The Labute approximate surface area is 311 Å². The van der Waals surface area contributed by atoms with E-state index < -0.39 is 0 Å². The highest BCUT2D eigenvalue weighted by molar-refractivity contribution is 6.19. The van der Waals surface area contributed by atoms with Gasteiger partial charge in [0, 0.05) is 49.6 Å². The SMILES string of the molecule is c1ccc(-c2nc3cccc(-c4ccc(-n5c6ccccc6c6cc7c8ccccc8n(-c8ccccc8)c7cc65)cc4)c3nc2-c2ccccc2)cc1. The third kappa shape index (κ3) is 4.70. The maximum Gasteiger partial charge on any atom is 0.0973 e. The van der Waals surface area contributed by atoms with Gasteiger partial charge in [-0.25, -0.2) is 9.97 Å². The average molecular weight is 689 g/mol. The molecule has 11 rings (SSSR count). The van der Waals surface area contributed by atoms with Gasteiger partial charge in [0.25, 0.3) is 0 Å². The number of benzene rings is 8. The maximum atomic E-state index is 5.36. The first-order valence-electron chi connectivity index (χ1n) is 18.3. The van der Waals surface area contributed by atoms with E-state index in [0.717, 1.165) is 56.0 Å². The zero-order chi connectivity index (χ0) is 35.6. The number of nitrogens with zero attached hydrogens (tertiary/aromatic N) is 4. The smallest absolute Gasteiger partial charge is 0.0973 e. The lowest BCUT2D eigenvalue weighted by molar-refractivity contribution is 1.16. The van der Waals surface area contributed by atoms with Gasteiger partial charge in [-0.3, -0.25) is 0 Å². The molecule has 0 fully saturated rings. The van der Waals surface area contributed by atoms with Crippen molar-refractivity contribution in [1.82, 2.24) is 19.1 Å². The van der Waals surface area contributed by atoms with Crippen molar-refractivity contribution in [3.8, 4) is 45.0 Å². The third-order valence-corrected chi connectivity index (χ3v) is 10.7. The molecule has 8 aromatic carbocycles. The van der Waals surface area contributed by atoms with Gasteiger partial charge in [0.1, 0.15) is 0 Å². The van der Waals surface area contributed by atoms with Crippen molar-refractivity contribution < 1.29 is 0 Å². The molecule has 252 valence electrons. The summed E-state index contributed by atoms with van der Waals surface area (Å²) in [5.41, 5.74) is 14.8. The molecule has 11 aromatic rings. The molecule has 0 radical (unpaired) electrons. The van der Waals surface area contributed by atoms with E-state index in [1.165, 1.54) is 43.6 Å². The van der Waals surface area contributed by atoms with Crippen molar-refractivity contribution in [2.75, 3.05) is 0 Å². The Morgan fingerprint density at radius 1 is 0.315 bits per heavy atom. The van der Waals surface area contributed by atoms with Crippen molar-refractivity contribution >= 4 is 54.6 Å². The van der Waals surface area contributed by atoms with Gasteiger partial charge >= 0.3 is 0 Å². The molecule has 0 amide bonds. The van der Waals surface area contributed by atoms with E-state index in [1.54, 1.807) is 0 Å². The molecular weight excluding hydrogens is 657 g/mol. The standard InChI is InChI=1S/C50H32N4/c1-4-15-34(16-5-1)48-49(35-17-6-2-7-18-35)52-50-38(23-14-24-43(50)51-48)33-27-29-37(30-28-33)54-45-26-13-11-22-40(45)42-31-41-39-21-10-12-25-44(39)53(46(41)32-47(42)54)36-19-8-3-9-20-36/h1-32H. The number of hydrogen-bond donors (Lipinski definition) is 0. The molecule has 0 aliphatic rings. The first kappa shape index (κ1) is 30.3. The van der Waals surface area contributed by atoms with E-state index in [-0.39, 0.29) is 0 Å². The van der Waals surface area contributed by atoms with Gasteiger partial charge in [0.2, 0.25) is 0 Å². The quantitative estimate of drug-likeness (QED) is 0.180. The Hall–Kier alpha value is -7.30. The Morgan fingerprint density at radius 2 is 0.815 bits per heavy atom. The number of rotatable bonds is 5. The average Bonchev–Trinajstić information content (AvgIpc) is 3.75. The Balaban J connectivity index is 1.10. The van der Waals surface area contributed by atoms with E-state index in [1.807, 2.05) is 12.1 Å².